The Morgan fingerprint density at radius 3 is 1.61 bits per heavy atom. The highest BCUT2D eigenvalue weighted by Crippen LogP contribution is 2.50. The summed E-state index contributed by atoms with van der Waals surface area (Å²) in [4.78, 5) is 10.6. The Morgan fingerprint density at radius 1 is 0.392 bits per heavy atom. The summed E-state index contributed by atoms with van der Waals surface area (Å²) in [6, 6.07) is 55.6. The number of nitrogens with zero attached hydrogens (tertiary/aromatic N) is 2. The highest BCUT2D eigenvalue weighted by atomic mass is 14.8. The first-order valence-corrected chi connectivity index (χ1v) is 17.7. The summed E-state index contributed by atoms with van der Waals surface area (Å²) < 4.78 is 0. The molecule has 1 aliphatic carbocycles. The van der Waals surface area contributed by atoms with Crippen molar-refractivity contribution < 1.29 is 0 Å². The fourth-order valence-electron chi connectivity index (χ4n) is 8.80. The Labute approximate surface area is 295 Å². The van der Waals surface area contributed by atoms with E-state index in [-0.39, 0.29) is 5.41 Å². The van der Waals surface area contributed by atoms with Crippen molar-refractivity contribution >= 4 is 64.8 Å². The van der Waals surface area contributed by atoms with Gasteiger partial charge in [0.05, 0.1) is 16.9 Å². The summed E-state index contributed by atoms with van der Waals surface area (Å²) >= 11 is 0. The molecule has 0 spiro atoms. The molecule has 0 fully saturated rings. The van der Waals surface area contributed by atoms with Crippen LogP contribution >= 0.6 is 0 Å². The molecule has 0 radical (unpaired) electrons. The first-order chi connectivity index (χ1) is 25.0. The highest BCUT2D eigenvalue weighted by Gasteiger charge is 2.38. The zero-order valence-electron chi connectivity index (χ0n) is 28.4. The molecule has 2 nitrogen and oxygen atoms in total. The molecule has 0 aliphatic heterocycles. The summed E-state index contributed by atoms with van der Waals surface area (Å²) in [7, 11) is 0. The molecule has 2 heteroatoms. The number of fused-ring (bicyclic) bond motifs is 12. The van der Waals surface area contributed by atoms with Gasteiger partial charge in [-0.05, 0) is 107 Å². The third-order valence-electron chi connectivity index (χ3n) is 11.4. The van der Waals surface area contributed by atoms with E-state index in [1.165, 1.54) is 87.1 Å². The second-order valence-corrected chi connectivity index (χ2v) is 14.6. The molecule has 0 unspecified atom stereocenters. The molecule has 1 aliphatic rings. The molecule has 0 saturated heterocycles. The van der Waals surface area contributed by atoms with E-state index in [1.807, 2.05) is 6.20 Å². The van der Waals surface area contributed by atoms with E-state index >= 15 is 0 Å². The van der Waals surface area contributed by atoms with Crippen molar-refractivity contribution in [1.29, 1.82) is 0 Å². The molecule has 238 valence electrons. The summed E-state index contributed by atoms with van der Waals surface area (Å²) in [6.45, 7) is 4.64. The third kappa shape index (κ3) is 4.05. The van der Waals surface area contributed by atoms with Crippen LogP contribution in [-0.2, 0) is 5.41 Å². The number of rotatable bonds is 2. The Balaban J connectivity index is 1.03. The SMILES string of the molecule is CC1(C)c2cc(-c3ccc4cc(-c5c6ccccc6cc6ccccc56)ccc4c3)cnc2-c2nc3c4ccccc4c4ccccc4c3cc21. The van der Waals surface area contributed by atoms with Crippen LogP contribution in [0.5, 0.6) is 0 Å². The number of aromatic nitrogens is 2. The Kier molecular flexibility index (Phi) is 5.76. The molecular formula is C49H32N2. The van der Waals surface area contributed by atoms with Crippen LogP contribution in [0.3, 0.4) is 0 Å². The zero-order valence-corrected chi connectivity index (χ0v) is 28.4. The van der Waals surface area contributed by atoms with Crippen LogP contribution in [0.15, 0.2) is 158 Å². The standard InChI is InChI=1S/C49H32N2/c1-49(2)43-26-35(28-50-47(43)48-44(49)27-42-40-17-8-7-15-38(40)39-16-9-10-18-41(39)46(42)51-48)31-20-19-30-24-34(22-21-29(30)23-31)45-36-13-5-3-11-32(36)25-33-12-4-6-14-37(33)45/h3-28H,1-2H3. The third-order valence-corrected chi connectivity index (χ3v) is 11.4. The molecule has 51 heavy (non-hydrogen) atoms. The van der Waals surface area contributed by atoms with Gasteiger partial charge in [0, 0.05) is 27.9 Å². The number of hydrogen-bond acceptors (Lipinski definition) is 2. The zero-order chi connectivity index (χ0) is 33.8. The Bertz CT molecular complexity index is 3060. The molecule has 2 aromatic heterocycles. The minimum atomic E-state index is -0.241. The average Bonchev–Trinajstić information content (AvgIpc) is 3.40. The van der Waals surface area contributed by atoms with Gasteiger partial charge in [0.25, 0.3) is 0 Å². The van der Waals surface area contributed by atoms with Gasteiger partial charge in [0.1, 0.15) is 0 Å². The van der Waals surface area contributed by atoms with Crippen molar-refractivity contribution in [2.45, 2.75) is 19.3 Å². The molecule has 2 heterocycles. The van der Waals surface area contributed by atoms with E-state index < -0.39 is 0 Å². The van der Waals surface area contributed by atoms with Crippen LogP contribution in [0.1, 0.15) is 25.0 Å². The molecule has 11 rings (SSSR count). The summed E-state index contributed by atoms with van der Waals surface area (Å²) in [5.41, 5.74) is 10.1. The molecule has 10 aromatic rings. The number of benzene rings is 8. The van der Waals surface area contributed by atoms with Crippen LogP contribution in [0, 0.1) is 0 Å². The Hall–Kier alpha value is -6.38. The fraction of sp³-hybridized carbons (Fsp3) is 0.0612. The minimum Gasteiger partial charge on any atom is -0.254 e. The van der Waals surface area contributed by atoms with Crippen LogP contribution in [0.25, 0.3) is 98.4 Å². The van der Waals surface area contributed by atoms with Gasteiger partial charge in [-0.25, -0.2) is 4.98 Å². The topological polar surface area (TPSA) is 25.8 Å². The lowest BCUT2D eigenvalue weighted by molar-refractivity contribution is 0.659. The van der Waals surface area contributed by atoms with Gasteiger partial charge < -0.3 is 0 Å². The average molecular weight is 649 g/mol. The van der Waals surface area contributed by atoms with Crippen molar-refractivity contribution in [3.05, 3.63) is 169 Å². The number of hydrogen-bond donors (Lipinski definition) is 0. The monoisotopic (exact) mass is 648 g/mol. The van der Waals surface area contributed by atoms with E-state index in [4.69, 9.17) is 9.97 Å². The normalized spacial score (nSPS) is 13.5. The summed E-state index contributed by atoms with van der Waals surface area (Å²) in [5, 5.41) is 13.7. The maximum Gasteiger partial charge on any atom is 0.0938 e. The van der Waals surface area contributed by atoms with E-state index in [9.17, 15) is 0 Å². The lowest BCUT2D eigenvalue weighted by atomic mass is 9.81. The molecule has 0 bridgehead atoms. The smallest absolute Gasteiger partial charge is 0.0938 e. The lowest BCUT2D eigenvalue weighted by Crippen LogP contribution is -2.15. The van der Waals surface area contributed by atoms with Gasteiger partial charge in [-0.15, -0.1) is 0 Å². The van der Waals surface area contributed by atoms with E-state index in [2.05, 4.69) is 166 Å². The van der Waals surface area contributed by atoms with Crippen molar-refractivity contribution in [3.63, 3.8) is 0 Å². The number of pyridine rings is 2. The first kappa shape index (κ1) is 28.5. The van der Waals surface area contributed by atoms with E-state index in [0.29, 0.717) is 0 Å². The van der Waals surface area contributed by atoms with Gasteiger partial charge in [-0.2, -0.15) is 0 Å². The van der Waals surface area contributed by atoms with E-state index in [1.54, 1.807) is 0 Å². The van der Waals surface area contributed by atoms with Gasteiger partial charge in [-0.1, -0.05) is 135 Å². The van der Waals surface area contributed by atoms with Gasteiger partial charge in [0.2, 0.25) is 0 Å². The van der Waals surface area contributed by atoms with Crippen molar-refractivity contribution in [2.24, 2.45) is 0 Å². The van der Waals surface area contributed by atoms with Crippen molar-refractivity contribution in [3.8, 4) is 33.6 Å². The van der Waals surface area contributed by atoms with Crippen molar-refractivity contribution in [2.75, 3.05) is 0 Å². The maximum absolute atomic E-state index is 5.42. The molecule has 0 N–H and O–H groups in total. The van der Waals surface area contributed by atoms with Crippen LogP contribution < -0.4 is 0 Å². The molecule has 0 atom stereocenters. The highest BCUT2D eigenvalue weighted by molar-refractivity contribution is 6.24. The van der Waals surface area contributed by atoms with Crippen LogP contribution in [0.2, 0.25) is 0 Å². The Morgan fingerprint density at radius 2 is 0.922 bits per heavy atom. The predicted octanol–water partition coefficient (Wildman–Crippen LogP) is 13.0. The quantitative estimate of drug-likeness (QED) is 0.138. The predicted molar refractivity (Wildman–Crippen MR) is 216 cm³/mol. The maximum atomic E-state index is 5.42. The molecule has 0 amide bonds. The second-order valence-electron chi connectivity index (χ2n) is 14.6. The summed E-state index contributed by atoms with van der Waals surface area (Å²) in [6.07, 6.45) is 2.03. The molecule has 8 aromatic carbocycles. The van der Waals surface area contributed by atoms with Gasteiger partial charge in [0.15, 0.2) is 0 Å². The van der Waals surface area contributed by atoms with Crippen LogP contribution in [-0.4, -0.2) is 9.97 Å². The minimum absolute atomic E-state index is 0.241. The molecular weight excluding hydrogens is 617 g/mol. The van der Waals surface area contributed by atoms with Gasteiger partial charge >= 0.3 is 0 Å². The van der Waals surface area contributed by atoms with E-state index in [0.717, 1.165) is 22.5 Å². The molecule has 0 saturated carbocycles. The van der Waals surface area contributed by atoms with Crippen molar-refractivity contribution in [1.82, 2.24) is 9.97 Å². The lowest BCUT2D eigenvalue weighted by Gasteiger charge is -2.22. The second kappa shape index (κ2) is 10.3. The largest absolute Gasteiger partial charge is 0.254 e. The fourth-order valence-corrected chi connectivity index (χ4v) is 8.80. The summed E-state index contributed by atoms with van der Waals surface area (Å²) in [5.74, 6) is 0. The van der Waals surface area contributed by atoms with Crippen LogP contribution in [0.4, 0.5) is 0 Å². The van der Waals surface area contributed by atoms with Gasteiger partial charge in [-0.3, -0.25) is 4.98 Å². The first-order valence-electron chi connectivity index (χ1n) is 17.7.